The van der Waals surface area contributed by atoms with E-state index < -0.39 is 5.97 Å². The smallest absolute Gasteiger partial charge is 0.337 e. The minimum absolute atomic E-state index is 0.306. The lowest BCUT2D eigenvalue weighted by Gasteiger charge is -2.18. The second-order valence-electron chi connectivity index (χ2n) is 4.88. The Kier molecular flexibility index (Phi) is 2.29. The number of carboxylic acid groups (broad SMARTS) is 1. The second kappa shape index (κ2) is 3.73. The Hall–Kier alpha value is -2.04. The minimum atomic E-state index is -0.911. The van der Waals surface area contributed by atoms with Gasteiger partial charge >= 0.3 is 5.97 Å². The van der Waals surface area contributed by atoms with E-state index in [2.05, 4.69) is 4.98 Å². The molecule has 18 heavy (non-hydrogen) atoms. The molecule has 1 aromatic carbocycles. The lowest BCUT2D eigenvalue weighted by molar-refractivity contribution is 0.0698. The lowest BCUT2D eigenvalue weighted by atomic mass is 10.2. The molecular formula is C13H15N3O2. The molecule has 0 saturated heterocycles. The molecule has 1 aliphatic carbocycles. The maximum atomic E-state index is 11.3. The Bertz CT molecular complexity index is 626. The molecule has 1 heterocycles. The highest BCUT2D eigenvalue weighted by atomic mass is 16.4. The first kappa shape index (κ1) is 11.1. The summed E-state index contributed by atoms with van der Waals surface area (Å²) in [5.41, 5.74) is 1.75. The minimum Gasteiger partial charge on any atom is -0.478 e. The zero-order chi connectivity index (χ0) is 12.9. The molecule has 0 unspecified atom stereocenters. The van der Waals surface area contributed by atoms with Crippen LogP contribution in [-0.2, 0) is 0 Å². The molecule has 3 rings (SSSR count). The molecule has 94 valence electrons. The summed E-state index contributed by atoms with van der Waals surface area (Å²) < 4.78 is 1.93. The van der Waals surface area contributed by atoms with Crippen LogP contribution in [0.4, 0.5) is 0 Å². The Labute approximate surface area is 105 Å². The zero-order valence-corrected chi connectivity index (χ0v) is 10.4. The normalized spacial score (nSPS) is 15.0. The van der Waals surface area contributed by atoms with Gasteiger partial charge in [0.2, 0.25) is 0 Å². The van der Waals surface area contributed by atoms with Crippen molar-refractivity contribution in [2.75, 3.05) is 19.1 Å². The molecule has 5 nitrogen and oxygen atoms in total. The van der Waals surface area contributed by atoms with Crippen LogP contribution in [-0.4, -0.2) is 34.8 Å². The van der Waals surface area contributed by atoms with Crippen LogP contribution in [0, 0.1) is 0 Å². The molecule has 0 bridgehead atoms. The number of para-hydroxylation sites is 1. The fraction of sp³-hybridized carbons (Fsp3) is 0.385. The van der Waals surface area contributed by atoms with Crippen molar-refractivity contribution in [3.63, 3.8) is 0 Å². The predicted molar refractivity (Wildman–Crippen MR) is 68.7 cm³/mol. The molecule has 1 fully saturated rings. The van der Waals surface area contributed by atoms with Gasteiger partial charge in [-0.05, 0) is 25.0 Å². The van der Waals surface area contributed by atoms with Gasteiger partial charge < -0.3 is 10.1 Å². The number of imidazole rings is 1. The zero-order valence-electron chi connectivity index (χ0n) is 10.4. The Morgan fingerprint density at radius 3 is 2.72 bits per heavy atom. The first-order valence-electron chi connectivity index (χ1n) is 6.02. The van der Waals surface area contributed by atoms with Crippen LogP contribution in [0.5, 0.6) is 0 Å². The molecule has 1 saturated carbocycles. The van der Waals surface area contributed by atoms with Crippen LogP contribution in [0.1, 0.15) is 34.9 Å². The average molecular weight is 245 g/mol. The van der Waals surface area contributed by atoms with Crippen molar-refractivity contribution < 1.29 is 9.90 Å². The summed E-state index contributed by atoms with van der Waals surface area (Å²) in [7, 11) is 3.82. The molecule has 0 amide bonds. The Morgan fingerprint density at radius 2 is 2.17 bits per heavy atom. The number of aromatic nitrogens is 2. The Morgan fingerprint density at radius 1 is 1.44 bits per heavy atom. The van der Waals surface area contributed by atoms with Crippen molar-refractivity contribution in [1.29, 1.82) is 0 Å². The summed E-state index contributed by atoms with van der Waals surface area (Å²) in [6.45, 7) is 0. The number of carboxylic acids is 1. The van der Waals surface area contributed by atoms with Crippen LogP contribution in [0.15, 0.2) is 18.2 Å². The van der Waals surface area contributed by atoms with E-state index in [4.69, 9.17) is 0 Å². The number of hydrogen-bond acceptors (Lipinski definition) is 3. The van der Waals surface area contributed by atoms with E-state index in [0.29, 0.717) is 17.0 Å². The van der Waals surface area contributed by atoms with E-state index in [9.17, 15) is 9.90 Å². The molecule has 0 radical (unpaired) electrons. The van der Waals surface area contributed by atoms with Gasteiger partial charge in [0.05, 0.1) is 11.1 Å². The summed E-state index contributed by atoms with van der Waals surface area (Å²) in [6.07, 6.45) is 2.28. The number of carbonyl (C=O) groups is 1. The van der Waals surface area contributed by atoms with Crippen molar-refractivity contribution >= 4 is 17.0 Å². The van der Waals surface area contributed by atoms with Crippen molar-refractivity contribution in [3.8, 4) is 0 Å². The molecule has 1 aliphatic rings. The summed E-state index contributed by atoms with van der Waals surface area (Å²) in [5.74, 6) is 0.538. The highest BCUT2D eigenvalue weighted by Gasteiger charge is 2.31. The van der Waals surface area contributed by atoms with Crippen LogP contribution in [0.2, 0.25) is 0 Å². The Balaban J connectivity index is 2.35. The quantitative estimate of drug-likeness (QED) is 0.896. The van der Waals surface area contributed by atoms with E-state index >= 15 is 0 Å². The van der Waals surface area contributed by atoms with Crippen molar-refractivity contribution in [3.05, 3.63) is 29.6 Å². The van der Waals surface area contributed by atoms with E-state index in [0.717, 1.165) is 24.2 Å². The predicted octanol–water partition coefficient (Wildman–Crippen LogP) is 1.81. The highest BCUT2D eigenvalue weighted by Crippen LogP contribution is 2.40. The van der Waals surface area contributed by atoms with Gasteiger partial charge in [-0.25, -0.2) is 14.5 Å². The maximum Gasteiger partial charge on any atom is 0.337 e. The molecule has 1 N–H and O–H groups in total. The van der Waals surface area contributed by atoms with Gasteiger partial charge in [0.1, 0.15) is 11.3 Å². The number of rotatable bonds is 3. The molecular weight excluding hydrogens is 230 g/mol. The third kappa shape index (κ3) is 1.54. The number of hydrogen-bond donors (Lipinski definition) is 1. The fourth-order valence-corrected chi connectivity index (χ4v) is 2.31. The largest absolute Gasteiger partial charge is 0.478 e. The molecule has 2 aromatic rings. The third-order valence-electron chi connectivity index (χ3n) is 3.25. The van der Waals surface area contributed by atoms with Crippen LogP contribution in [0.25, 0.3) is 11.0 Å². The van der Waals surface area contributed by atoms with Gasteiger partial charge in [-0.2, -0.15) is 0 Å². The number of fused-ring (bicyclic) bond motifs is 1. The van der Waals surface area contributed by atoms with Gasteiger partial charge in [-0.3, -0.25) is 0 Å². The van der Waals surface area contributed by atoms with Gasteiger partial charge in [0.25, 0.3) is 0 Å². The second-order valence-corrected chi connectivity index (χ2v) is 4.88. The molecule has 1 aromatic heterocycles. The SMILES string of the molecule is CN(C)n1c(C2CC2)nc2cccc(C(=O)O)c21. The van der Waals surface area contributed by atoms with E-state index in [1.54, 1.807) is 12.1 Å². The van der Waals surface area contributed by atoms with Gasteiger partial charge in [-0.1, -0.05) is 6.07 Å². The highest BCUT2D eigenvalue weighted by molar-refractivity contribution is 6.01. The number of aromatic carboxylic acids is 1. The van der Waals surface area contributed by atoms with E-state index in [1.807, 2.05) is 29.8 Å². The monoisotopic (exact) mass is 245 g/mol. The molecule has 5 heteroatoms. The van der Waals surface area contributed by atoms with Crippen LogP contribution in [0.3, 0.4) is 0 Å². The maximum absolute atomic E-state index is 11.3. The number of benzene rings is 1. The van der Waals surface area contributed by atoms with E-state index in [1.165, 1.54) is 0 Å². The average Bonchev–Trinajstić information content (AvgIpc) is 3.07. The standard InChI is InChI=1S/C13H15N3O2/c1-15(2)16-11-9(13(17)18)4-3-5-10(11)14-12(16)8-6-7-8/h3-5,8H,6-7H2,1-2H3,(H,17,18). The topological polar surface area (TPSA) is 58.4 Å². The molecule has 0 aliphatic heterocycles. The van der Waals surface area contributed by atoms with Crippen molar-refractivity contribution in [2.45, 2.75) is 18.8 Å². The summed E-state index contributed by atoms with van der Waals surface area (Å²) >= 11 is 0. The molecule has 0 spiro atoms. The third-order valence-corrected chi connectivity index (χ3v) is 3.25. The first-order chi connectivity index (χ1) is 8.59. The summed E-state index contributed by atoms with van der Waals surface area (Å²) in [6, 6.07) is 5.24. The number of nitrogens with zero attached hydrogens (tertiary/aromatic N) is 3. The fourth-order valence-electron chi connectivity index (χ4n) is 2.31. The van der Waals surface area contributed by atoms with Crippen LogP contribution < -0.4 is 5.01 Å². The van der Waals surface area contributed by atoms with E-state index in [-0.39, 0.29) is 0 Å². The van der Waals surface area contributed by atoms with Gasteiger partial charge in [-0.15, -0.1) is 0 Å². The summed E-state index contributed by atoms with van der Waals surface area (Å²) in [4.78, 5) is 15.9. The van der Waals surface area contributed by atoms with Crippen molar-refractivity contribution in [1.82, 2.24) is 9.66 Å². The van der Waals surface area contributed by atoms with Crippen LogP contribution >= 0.6 is 0 Å². The van der Waals surface area contributed by atoms with Gasteiger partial charge in [0.15, 0.2) is 0 Å². The molecule has 0 atom stereocenters. The first-order valence-corrected chi connectivity index (χ1v) is 6.02. The van der Waals surface area contributed by atoms with Gasteiger partial charge in [0, 0.05) is 20.0 Å². The van der Waals surface area contributed by atoms with Crippen molar-refractivity contribution in [2.24, 2.45) is 0 Å². The lowest BCUT2D eigenvalue weighted by Crippen LogP contribution is -2.27. The summed E-state index contributed by atoms with van der Waals surface area (Å²) in [5, 5.41) is 11.2.